The van der Waals surface area contributed by atoms with E-state index in [9.17, 15) is 13.2 Å². The number of anilines is 1. The van der Waals surface area contributed by atoms with Crippen molar-refractivity contribution in [1.29, 1.82) is 0 Å². The van der Waals surface area contributed by atoms with Gasteiger partial charge < -0.3 is 15.8 Å². The van der Waals surface area contributed by atoms with Crippen molar-refractivity contribution in [3.05, 3.63) is 24.3 Å². The molecular formula is C17H29N3O4S. The number of sulfonamides is 1. The second kappa shape index (κ2) is 9.05. The van der Waals surface area contributed by atoms with E-state index in [1.807, 2.05) is 27.7 Å². The molecule has 0 aliphatic heterocycles. The molecule has 0 bridgehead atoms. The maximum absolute atomic E-state index is 12.2. The SMILES string of the molecule is CCC(CC)(CN)NC(=O)CS(=O)(=O)Nc1ccc(OC(C)C)cc1. The Morgan fingerprint density at radius 1 is 1.20 bits per heavy atom. The second-order valence-electron chi connectivity index (χ2n) is 6.29. The highest BCUT2D eigenvalue weighted by Gasteiger charge is 2.28. The standard InChI is InChI=1S/C17H29N3O4S/c1-5-17(6-2,12-18)19-16(21)11-25(22,23)20-14-7-9-15(10-8-14)24-13(3)4/h7-10,13,20H,5-6,11-12,18H2,1-4H3,(H,19,21). The van der Waals surface area contributed by atoms with Gasteiger partial charge in [-0.2, -0.15) is 0 Å². The highest BCUT2D eigenvalue weighted by atomic mass is 32.2. The van der Waals surface area contributed by atoms with Crippen molar-refractivity contribution >= 4 is 21.6 Å². The first-order valence-electron chi connectivity index (χ1n) is 8.43. The molecule has 1 aromatic rings. The lowest BCUT2D eigenvalue weighted by Crippen LogP contribution is -2.54. The molecule has 142 valence electrons. The van der Waals surface area contributed by atoms with Gasteiger partial charge in [0.05, 0.1) is 11.6 Å². The summed E-state index contributed by atoms with van der Waals surface area (Å²) in [5.74, 6) is -0.574. The van der Waals surface area contributed by atoms with Crippen molar-refractivity contribution in [2.45, 2.75) is 52.2 Å². The average Bonchev–Trinajstić information content (AvgIpc) is 2.53. The maximum atomic E-state index is 12.2. The number of amides is 1. The number of benzene rings is 1. The van der Waals surface area contributed by atoms with Crippen LogP contribution in [0.15, 0.2) is 24.3 Å². The molecule has 0 saturated carbocycles. The summed E-state index contributed by atoms with van der Waals surface area (Å²) in [6, 6.07) is 6.53. The van der Waals surface area contributed by atoms with Crippen molar-refractivity contribution in [2.75, 3.05) is 17.0 Å². The van der Waals surface area contributed by atoms with Crippen molar-refractivity contribution in [1.82, 2.24) is 5.32 Å². The van der Waals surface area contributed by atoms with Gasteiger partial charge in [-0.05, 0) is 51.0 Å². The minimum atomic E-state index is -3.81. The van der Waals surface area contributed by atoms with Crippen LogP contribution in [-0.4, -0.2) is 38.3 Å². The lowest BCUT2D eigenvalue weighted by molar-refractivity contribution is -0.120. The van der Waals surface area contributed by atoms with E-state index in [1.165, 1.54) is 0 Å². The first-order valence-corrected chi connectivity index (χ1v) is 10.1. The third-order valence-corrected chi connectivity index (χ3v) is 5.16. The topological polar surface area (TPSA) is 111 Å². The zero-order valence-corrected chi connectivity index (χ0v) is 16.2. The second-order valence-corrected chi connectivity index (χ2v) is 8.01. The van der Waals surface area contributed by atoms with E-state index in [0.29, 0.717) is 24.3 Å². The molecular weight excluding hydrogens is 342 g/mol. The smallest absolute Gasteiger partial charge is 0.241 e. The van der Waals surface area contributed by atoms with Crippen LogP contribution in [0.5, 0.6) is 5.75 Å². The number of carbonyl (C=O) groups is 1. The minimum Gasteiger partial charge on any atom is -0.491 e. The van der Waals surface area contributed by atoms with E-state index < -0.39 is 27.2 Å². The van der Waals surface area contributed by atoms with Crippen LogP contribution in [0.1, 0.15) is 40.5 Å². The van der Waals surface area contributed by atoms with E-state index >= 15 is 0 Å². The lowest BCUT2D eigenvalue weighted by Gasteiger charge is -2.31. The van der Waals surface area contributed by atoms with E-state index in [2.05, 4.69) is 10.0 Å². The van der Waals surface area contributed by atoms with E-state index in [1.54, 1.807) is 24.3 Å². The van der Waals surface area contributed by atoms with Crippen LogP contribution in [0.3, 0.4) is 0 Å². The molecule has 7 nitrogen and oxygen atoms in total. The predicted molar refractivity (Wildman–Crippen MR) is 100 cm³/mol. The molecule has 0 aliphatic rings. The Morgan fingerprint density at radius 2 is 1.76 bits per heavy atom. The number of hydrogen-bond donors (Lipinski definition) is 3. The fraction of sp³-hybridized carbons (Fsp3) is 0.588. The van der Waals surface area contributed by atoms with Gasteiger partial charge in [0.1, 0.15) is 11.5 Å². The van der Waals surface area contributed by atoms with Gasteiger partial charge in [-0.1, -0.05) is 13.8 Å². The predicted octanol–water partition coefficient (Wildman–Crippen LogP) is 1.85. The van der Waals surface area contributed by atoms with Crippen molar-refractivity contribution in [2.24, 2.45) is 5.73 Å². The molecule has 0 aromatic heterocycles. The van der Waals surface area contributed by atoms with Crippen molar-refractivity contribution < 1.29 is 17.9 Å². The van der Waals surface area contributed by atoms with Crippen LogP contribution in [0.4, 0.5) is 5.69 Å². The monoisotopic (exact) mass is 371 g/mol. The molecule has 25 heavy (non-hydrogen) atoms. The molecule has 0 atom stereocenters. The summed E-state index contributed by atoms with van der Waals surface area (Å²) in [6.07, 6.45) is 1.30. The maximum Gasteiger partial charge on any atom is 0.241 e. The Hall–Kier alpha value is -1.80. The average molecular weight is 372 g/mol. The van der Waals surface area contributed by atoms with Gasteiger partial charge in [-0.25, -0.2) is 8.42 Å². The van der Waals surface area contributed by atoms with Crippen LogP contribution in [0.2, 0.25) is 0 Å². The first-order chi connectivity index (χ1) is 11.6. The molecule has 0 heterocycles. The Labute approximate surface area is 150 Å². The zero-order valence-electron chi connectivity index (χ0n) is 15.3. The molecule has 4 N–H and O–H groups in total. The lowest BCUT2D eigenvalue weighted by atomic mass is 9.93. The van der Waals surface area contributed by atoms with Gasteiger partial charge >= 0.3 is 0 Å². The molecule has 0 radical (unpaired) electrons. The molecule has 0 saturated heterocycles. The number of ether oxygens (including phenoxy) is 1. The molecule has 0 aliphatic carbocycles. The highest BCUT2D eigenvalue weighted by molar-refractivity contribution is 7.93. The summed E-state index contributed by atoms with van der Waals surface area (Å²) in [7, 11) is -3.81. The molecule has 8 heteroatoms. The van der Waals surface area contributed by atoms with Gasteiger partial charge in [-0.3, -0.25) is 9.52 Å². The van der Waals surface area contributed by atoms with Crippen molar-refractivity contribution in [3.8, 4) is 5.75 Å². The molecule has 0 spiro atoms. The number of rotatable bonds is 10. The van der Waals surface area contributed by atoms with E-state index in [4.69, 9.17) is 10.5 Å². The van der Waals surface area contributed by atoms with Gasteiger partial charge in [-0.15, -0.1) is 0 Å². The molecule has 1 rings (SSSR count). The zero-order chi connectivity index (χ0) is 19.1. The Bertz CT molecular complexity index is 645. The van der Waals surface area contributed by atoms with Crippen LogP contribution in [0, 0.1) is 0 Å². The number of hydrogen-bond acceptors (Lipinski definition) is 5. The number of nitrogens with two attached hydrogens (primary N) is 1. The summed E-state index contributed by atoms with van der Waals surface area (Å²) in [5, 5.41) is 2.75. The fourth-order valence-corrected chi connectivity index (χ4v) is 3.34. The van der Waals surface area contributed by atoms with Crippen molar-refractivity contribution in [3.63, 3.8) is 0 Å². The minimum absolute atomic E-state index is 0.0335. The van der Waals surface area contributed by atoms with Gasteiger partial charge in [0.15, 0.2) is 0 Å². The number of carbonyl (C=O) groups excluding carboxylic acids is 1. The Kier molecular flexibility index (Phi) is 7.69. The molecule has 0 fully saturated rings. The summed E-state index contributed by atoms with van der Waals surface area (Å²) < 4.78 is 32.3. The van der Waals surface area contributed by atoms with Gasteiger partial charge in [0, 0.05) is 12.2 Å². The number of nitrogens with one attached hydrogen (secondary N) is 2. The molecule has 1 aromatic carbocycles. The fourth-order valence-electron chi connectivity index (χ4n) is 2.36. The first kappa shape index (κ1) is 21.2. The summed E-state index contributed by atoms with van der Waals surface area (Å²) in [4.78, 5) is 12.1. The normalized spacial score (nSPS) is 12.1. The summed E-state index contributed by atoms with van der Waals surface area (Å²) in [6.45, 7) is 7.89. The van der Waals surface area contributed by atoms with Crippen LogP contribution in [0.25, 0.3) is 0 Å². The summed E-state index contributed by atoms with van der Waals surface area (Å²) >= 11 is 0. The highest BCUT2D eigenvalue weighted by Crippen LogP contribution is 2.18. The molecule has 1 amide bonds. The largest absolute Gasteiger partial charge is 0.491 e. The van der Waals surface area contributed by atoms with E-state index in [-0.39, 0.29) is 12.6 Å². The summed E-state index contributed by atoms with van der Waals surface area (Å²) in [5.41, 5.74) is 5.53. The quantitative estimate of drug-likeness (QED) is 0.581. The molecule has 0 unspecified atom stereocenters. The van der Waals surface area contributed by atoms with E-state index in [0.717, 1.165) is 0 Å². The third-order valence-electron chi connectivity index (χ3n) is 3.97. The van der Waals surface area contributed by atoms with Crippen LogP contribution in [-0.2, 0) is 14.8 Å². The Morgan fingerprint density at radius 3 is 2.20 bits per heavy atom. The van der Waals surface area contributed by atoms with Gasteiger partial charge in [0.25, 0.3) is 0 Å². The van der Waals surface area contributed by atoms with Gasteiger partial charge in [0.2, 0.25) is 15.9 Å². The van der Waals surface area contributed by atoms with Crippen LogP contribution < -0.4 is 20.5 Å². The Balaban J connectivity index is 2.70. The van der Waals surface area contributed by atoms with Crippen LogP contribution >= 0.6 is 0 Å². The third kappa shape index (κ3) is 6.91.